The molecule has 0 saturated heterocycles. The van der Waals surface area contributed by atoms with Gasteiger partial charge in [0, 0.05) is 11.3 Å². The number of carbonyl (C=O) groups excluding carboxylic acids is 1. The number of unbranched alkanes of at least 4 members (excludes halogenated alkanes) is 3. The molecule has 0 saturated carbocycles. The van der Waals surface area contributed by atoms with Gasteiger partial charge in [-0.1, -0.05) is 24.6 Å². The zero-order chi connectivity index (χ0) is 13.2. The van der Waals surface area contributed by atoms with E-state index in [4.69, 9.17) is 0 Å². The van der Waals surface area contributed by atoms with Crippen molar-refractivity contribution in [2.24, 2.45) is 0 Å². The Morgan fingerprint density at radius 1 is 1.28 bits per heavy atom. The van der Waals surface area contributed by atoms with Crippen LogP contribution < -0.4 is 0 Å². The van der Waals surface area contributed by atoms with Gasteiger partial charge in [0.25, 0.3) is 0 Å². The van der Waals surface area contributed by atoms with Crippen LogP contribution in [0.5, 0.6) is 0 Å². The highest BCUT2D eigenvalue weighted by Gasteiger charge is 2.06. The van der Waals surface area contributed by atoms with Crippen molar-refractivity contribution < 1.29 is 9.18 Å². The fraction of sp³-hybridized carbons (Fsp3) is 0.400. The van der Waals surface area contributed by atoms with Crippen LogP contribution in [0.25, 0.3) is 0 Å². The molecule has 0 spiro atoms. The second-order valence-corrected chi connectivity index (χ2v) is 5.16. The van der Waals surface area contributed by atoms with Crippen LogP contribution in [0.1, 0.15) is 32.1 Å². The number of carbonyl (C=O) groups is 1. The van der Waals surface area contributed by atoms with E-state index in [-0.39, 0.29) is 11.6 Å². The van der Waals surface area contributed by atoms with Crippen molar-refractivity contribution in [2.75, 3.05) is 5.75 Å². The van der Waals surface area contributed by atoms with E-state index in [9.17, 15) is 9.18 Å². The molecule has 0 bridgehead atoms. The normalized spacial score (nSPS) is 10.3. The van der Waals surface area contributed by atoms with Gasteiger partial charge in [0.15, 0.2) is 0 Å². The van der Waals surface area contributed by atoms with Crippen LogP contribution in [-0.2, 0) is 4.79 Å². The molecule has 0 radical (unpaired) electrons. The van der Waals surface area contributed by atoms with Gasteiger partial charge in [0.05, 0.1) is 5.75 Å². The summed E-state index contributed by atoms with van der Waals surface area (Å²) in [6.45, 7) is 3.66. The zero-order valence-electron chi connectivity index (χ0n) is 10.5. The van der Waals surface area contributed by atoms with E-state index >= 15 is 0 Å². The molecule has 1 nitrogen and oxygen atoms in total. The highest BCUT2D eigenvalue weighted by atomic mass is 32.2. The SMILES string of the molecule is C=CCCCCCC(=O)CSc1ccccc1F. The predicted molar refractivity (Wildman–Crippen MR) is 75.4 cm³/mol. The first kappa shape index (κ1) is 15.0. The van der Waals surface area contributed by atoms with Gasteiger partial charge in [0.2, 0.25) is 0 Å². The van der Waals surface area contributed by atoms with Gasteiger partial charge in [-0.2, -0.15) is 0 Å². The molecular formula is C15H19FOS. The van der Waals surface area contributed by atoms with E-state index in [0.717, 1.165) is 25.7 Å². The number of halogens is 1. The first-order chi connectivity index (χ1) is 8.74. The Labute approximate surface area is 112 Å². The summed E-state index contributed by atoms with van der Waals surface area (Å²) < 4.78 is 13.3. The Hall–Kier alpha value is -1.09. The van der Waals surface area contributed by atoms with Gasteiger partial charge in [-0.05, 0) is 31.4 Å². The third kappa shape index (κ3) is 6.01. The van der Waals surface area contributed by atoms with Crippen molar-refractivity contribution in [3.63, 3.8) is 0 Å². The van der Waals surface area contributed by atoms with Crippen molar-refractivity contribution in [3.8, 4) is 0 Å². The van der Waals surface area contributed by atoms with Crippen LogP contribution in [0.3, 0.4) is 0 Å². The maximum absolute atomic E-state index is 13.3. The van der Waals surface area contributed by atoms with E-state index in [1.165, 1.54) is 17.8 Å². The van der Waals surface area contributed by atoms with Crippen LogP contribution in [0, 0.1) is 5.82 Å². The lowest BCUT2D eigenvalue weighted by molar-refractivity contribution is -0.116. The molecule has 98 valence electrons. The Balaban J connectivity index is 2.17. The zero-order valence-corrected chi connectivity index (χ0v) is 11.3. The van der Waals surface area contributed by atoms with Gasteiger partial charge in [-0.3, -0.25) is 4.79 Å². The second-order valence-electron chi connectivity index (χ2n) is 4.15. The van der Waals surface area contributed by atoms with Gasteiger partial charge in [0.1, 0.15) is 11.6 Å². The van der Waals surface area contributed by atoms with E-state index < -0.39 is 0 Å². The maximum Gasteiger partial charge on any atom is 0.143 e. The molecule has 18 heavy (non-hydrogen) atoms. The van der Waals surface area contributed by atoms with E-state index in [0.29, 0.717) is 17.1 Å². The topological polar surface area (TPSA) is 17.1 Å². The molecule has 0 aliphatic rings. The summed E-state index contributed by atoms with van der Waals surface area (Å²) in [5, 5.41) is 0. The van der Waals surface area contributed by atoms with Crippen molar-refractivity contribution in [3.05, 3.63) is 42.7 Å². The van der Waals surface area contributed by atoms with E-state index in [1.807, 2.05) is 6.08 Å². The van der Waals surface area contributed by atoms with Crippen molar-refractivity contribution in [1.29, 1.82) is 0 Å². The van der Waals surface area contributed by atoms with E-state index in [1.54, 1.807) is 18.2 Å². The number of thioether (sulfide) groups is 1. The first-order valence-corrected chi connectivity index (χ1v) is 7.22. The molecule has 0 N–H and O–H groups in total. The third-order valence-electron chi connectivity index (χ3n) is 2.59. The largest absolute Gasteiger partial charge is 0.299 e. The molecule has 0 fully saturated rings. The summed E-state index contributed by atoms with van der Waals surface area (Å²) in [6.07, 6.45) is 6.58. The Kier molecular flexibility index (Phi) is 7.42. The number of Topliss-reactive ketones (excluding diaryl/α,β-unsaturated/α-hetero) is 1. The van der Waals surface area contributed by atoms with Crippen LogP contribution in [-0.4, -0.2) is 11.5 Å². The quantitative estimate of drug-likeness (QED) is 0.368. The molecule has 0 atom stereocenters. The number of ketones is 1. The minimum absolute atomic E-state index is 0.196. The average molecular weight is 266 g/mol. The monoisotopic (exact) mass is 266 g/mol. The molecular weight excluding hydrogens is 247 g/mol. The minimum atomic E-state index is -0.249. The Morgan fingerprint density at radius 2 is 2.06 bits per heavy atom. The summed E-state index contributed by atoms with van der Waals surface area (Å²) in [6, 6.07) is 6.56. The van der Waals surface area contributed by atoms with Crippen LogP contribution in [0.15, 0.2) is 41.8 Å². The number of allylic oxidation sites excluding steroid dienone is 1. The van der Waals surface area contributed by atoms with Crippen molar-refractivity contribution in [1.82, 2.24) is 0 Å². The number of hydrogen-bond donors (Lipinski definition) is 0. The van der Waals surface area contributed by atoms with Crippen LogP contribution >= 0.6 is 11.8 Å². The molecule has 0 aliphatic carbocycles. The summed E-state index contributed by atoms with van der Waals surface area (Å²) in [7, 11) is 0. The fourth-order valence-corrected chi connectivity index (χ4v) is 2.42. The van der Waals surface area contributed by atoms with Crippen molar-refractivity contribution in [2.45, 2.75) is 37.0 Å². The summed E-state index contributed by atoms with van der Waals surface area (Å²) >= 11 is 1.28. The first-order valence-electron chi connectivity index (χ1n) is 6.24. The molecule has 1 rings (SSSR count). The lowest BCUT2D eigenvalue weighted by Gasteiger charge is -2.02. The fourth-order valence-electron chi connectivity index (χ4n) is 1.58. The van der Waals surface area contributed by atoms with Crippen LogP contribution in [0.4, 0.5) is 4.39 Å². The molecule has 1 aromatic rings. The highest BCUT2D eigenvalue weighted by Crippen LogP contribution is 2.21. The molecule has 0 aromatic heterocycles. The number of rotatable bonds is 9. The minimum Gasteiger partial charge on any atom is -0.299 e. The smallest absolute Gasteiger partial charge is 0.143 e. The van der Waals surface area contributed by atoms with Crippen LogP contribution in [0.2, 0.25) is 0 Å². The molecule has 0 unspecified atom stereocenters. The van der Waals surface area contributed by atoms with E-state index in [2.05, 4.69) is 6.58 Å². The lowest BCUT2D eigenvalue weighted by Crippen LogP contribution is -2.01. The molecule has 0 amide bonds. The summed E-state index contributed by atoms with van der Waals surface area (Å²) in [5.74, 6) is 0.311. The highest BCUT2D eigenvalue weighted by molar-refractivity contribution is 8.00. The summed E-state index contributed by atoms with van der Waals surface area (Å²) in [4.78, 5) is 12.2. The second kappa shape index (κ2) is 8.92. The van der Waals surface area contributed by atoms with Gasteiger partial charge < -0.3 is 0 Å². The Morgan fingerprint density at radius 3 is 2.78 bits per heavy atom. The number of hydrogen-bond acceptors (Lipinski definition) is 2. The third-order valence-corrected chi connectivity index (χ3v) is 3.70. The van der Waals surface area contributed by atoms with Gasteiger partial charge >= 0.3 is 0 Å². The molecule has 0 heterocycles. The summed E-state index contributed by atoms with van der Waals surface area (Å²) in [5.41, 5.74) is 0. The maximum atomic E-state index is 13.3. The van der Waals surface area contributed by atoms with Gasteiger partial charge in [-0.25, -0.2) is 4.39 Å². The Bertz CT molecular complexity index is 390. The predicted octanol–water partition coefficient (Wildman–Crippen LogP) is 4.62. The number of benzene rings is 1. The average Bonchev–Trinajstić information content (AvgIpc) is 2.37. The van der Waals surface area contributed by atoms with Gasteiger partial charge in [-0.15, -0.1) is 18.3 Å². The standard InChI is InChI=1S/C15H19FOS/c1-2-3-4-5-6-9-13(17)12-18-15-11-8-7-10-14(15)16/h2,7-8,10-11H,1,3-6,9,12H2. The lowest BCUT2D eigenvalue weighted by atomic mass is 10.1. The molecule has 3 heteroatoms. The molecule has 1 aromatic carbocycles. The molecule has 0 aliphatic heterocycles. The van der Waals surface area contributed by atoms with Crippen molar-refractivity contribution >= 4 is 17.5 Å².